The molecule has 1 aliphatic carbocycles. The first-order valence-corrected chi connectivity index (χ1v) is 3.91. The lowest BCUT2D eigenvalue weighted by molar-refractivity contribution is -0.175. The fourth-order valence-corrected chi connectivity index (χ4v) is 2.10. The minimum absolute atomic E-state index is 0.338. The van der Waals surface area contributed by atoms with E-state index in [0.29, 0.717) is 11.7 Å². The number of ether oxygens (including phenoxy) is 1. The van der Waals surface area contributed by atoms with Gasteiger partial charge >= 0.3 is 0 Å². The predicted octanol–water partition coefficient (Wildman–Crippen LogP) is 1.96. The highest BCUT2D eigenvalue weighted by atomic mass is 16.5. The van der Waals surface area contributed by atoms with Crippen molar-refractivity contribution in [2.24, 2.45) is 5.92 Å². The molecule has 0 N–H and O–H groups in total. The number of hydrogen-bond donors (Lipinski definition) is 0. The molecule has 1 heteroatoms. The van der Waals surface area contributed by atoms with Crippen LogP contribution in [0.2, 0.25) is 0 Å². The third-order valence-electron chi connectivity index (χ3n) is 2.92. The lowest BCUT2D eigenvalue weighted by Gasteiger charge is -2.42. The third kappa shape index (κ3) is 0.586. The van der Waals surface area contributed by atoms with E-state index in [0.717, 1.165) is 5.92 Å². The molecular formula is C8H14O. The first-order chi connectivity index (χ1) is 4.23. The topological polar surface area (TPSA) is 9.23 Å². The summed E-state index contributed by atoms with van der Waals surface area (Å²) >= 11 is 0. The van der Waals surface area contributed by atoms with E-state index in [1.165, 1.54) is 19.3 Å². The van der Waals surface area contributed by atoms with Crippen molar-refractivity contribution in [2.45, 2.75) is 44.8 Å². The van der Waals surface area contributed by atoms with Crippen molar-refractivity contribution in [3.05, 3.63) is 0 Å². The van der Waals surface area contributed by atoms with Gasteiger partial charge in [0.2, 0.25) is 0 Å². The zero-order valence-corrected chi connectivity index (χ0v) is 6.18. The molecule has 0 aromatic rings. The molecule has 2 heterocycles. The first kappa shape index (κ1) is 5.72. The van der Waals surface area contributed by atoms with Gasteiger partial charge in [-0.1, -0.05) is 13.8 Å². The van der Waals surface area contributed by atoms with E-state index < -0.39 is 0 Å². The highest BCUT2D eigenvalue weighted by Crippen LogP contribution is 2.51. The van der Waals surface area contributed by atoms with E-state index in [9.17, 15) is 0 Å². The van der Waals surface area contributed by atoms with Gasteiger partial charge in [-0.3, -0.25) is 0 Å². The molecule has 52 valence electrons. The van der Waals surface area contributed by atoms with Crippen molar-refractivity contribution >= 4 is 0 Å². The molecule has 3 fully saturated rings. The highest BCUT2D eigenvalue weighted by Gasteiger charge is 2.53. The van der Waals surface area contributed by atoms with Crippen LogP contribution in [0.5, 0.6) is 0 Å². The summed E-state index contributed by atoms with van der Waals surface area (Å²) in [4.78, 5) is 0. The summed E-state index contributed by atoms with van der Waals surface area (Å²) < 4.78 is 5.70. The molecule has 3 aliphatic rings. The lowest BCUT2D eigenvalue weighted by atomic mass is 9.85. The van der Waals surface area contributed by atoms with Crippen LogP contribution in [0.4, 0.5) is 0 Å². The zero-order valence-electron chi connectivity index (χ0n) is 6.18. The maximum Gasteiger partial charge on any atom is 0.0734 e. The molecule has 1 saturated carbocycles. The smallest absolute Gasteiger partial charge is 0.0734 e. The van der Waals surface area contributed by atoms with Crippen molar-refractivity contribution in [1.29, 1.82) is 0 Å². The Morgan fingerprint density at radius 3 is 2.44 bits per heavy atom. The van der Waals surface area contributed by atoms with Gasteiger partial charge in [-0.25, -0.2) is 0 Å². The molecule has 0 aromatic carbocycles. The van der Waals surface area contributed by atoms with Gasteiger partial charge in [-0.2, -0.15) is 0 Å². The number of rotatable bonds is 1. The van der Waals surface area contributed by atoms with Crippen LogP contribution in [0, 0.1) is 5.92 Å². The lowest BCUT2D eigenvalue weighted by Crippen LogP contribution is -2.45. The minimum Gasteiger partial charge on any atom is -0.371 e. The Balaban J connectivity index is 2.10. The molecule has 3 rings (SSSR count). The van der Waals surface area contributed by atoms with E-state index in [2.05, 4.69) is 13.8 Å². The Morgan fingerprint density at radius 1 is 1.56 bits per heavy atom. The molecule has 2 aliphatic heterocycles. The average molecular weight is 126 g/mol. The molecule has 1 nitrogen and oxygen atoms in total. The molecule has 2 saturated heterocycles. The maximum atomic E-state index is 5.70. The number of hydrogen-bond acceptors (Lipinski definition) is 1. The van der Waals surface area contributed by atoms with Gasteiger partial charge in [0.05, 0.1) is 11.7 Å². The molecule has 0 amide bonds. The van der Waals surface area contributed by atoms with Crippen molar-refractivity contribution in [3.63, 3.8) is 0 Å². The van der Waals surface area contributed by atoms with Crippen LogP contribution in [0.25, 0.3) is 0 Å². The summed E-state index contributed by atoms with van der Waals surface area (Å²) in [6.07, 6.45) is 4.62. The van der Waals surface area contributed by atoms with Gasteiger partial charge in [-0.05, 0) is 18.8 Å². The molecule has 0 radical (unpaired) electrons. The van der Waals surface area contributed by atoms with Crippen molar-refractivity contribution in [2.75, 3.05) is 0 Å². The average Bonchev–Trinajstić information content (AvgIpc) is 2.13. The molecule has 2 unspecified atom stereocenters. The van der Waals surface area contributed by atoms with Gasteiger partial charge in [0.15, 0.2) is 0 Å². The zero-order chi connectivity index (χ0) is 6.48. The summed E-state index contributed by atoms with van der Waals surface area (Å²) in [5.74, 6) is 0.733. The van der Waals surface area contributed by atoms with Crippen molar-refractivity contribution < 1.29 is 4.74 Å². The fraction of sp³-hybridized carbons (Fsp3) is 1.00. The Hall–Kier alpha value is -0.0400. The Morgan fingerprint density at radius 2 is 2.22 bits per heavy atom. The Bertz CT molecular complexity index is 117. The molecular weight excluding hydrogens is 112 g/mol. The Labute approximate surface area is 56.4 Å². The van der Waals surface area contributed by atoms with Gasteiger partial charge in [0.25, 0.3) is 0 Å². The van der Waals surface area contributed by atoms with E-state index in [1.54, 1.807) is 0 Å². The number of fused-ring (bicyclic) bond motifs is 1. The van der Waals surface area contributed by atoms with Gasteiger partial charge in [0, 0.05) is 6.42 Å². The van der Waals surface area contributed by atoms with Gasteiger partial charge in [-0.15, -0.1) is 0 Å². The van der Waals surface area contributed by atoms with Crippen LogP contribution in [0.1, 0.15) is 33.1 Å². The van der Waals surface area contributed by atoms with E-state index in [4.69, 9.17) is 4.74 Å². The minimum atomic E-state index is 0.338. The van der Waals surface area contributed by atoms with Crippen LogP contribution < -0.4 is 0 Å². The second-order valence-corrected chi connectivity index (χ2v) is 3.70. The maximum absolute atomic E-state index is 5.70. The summed E-state index contributed by atoms with van der Waals surface area (Å²) in [6, 6.07) is 0. The van der Waals surface area contributed by atoms with Crippen LogP contribution in [0.15, 0.2) is 0 Å². The largest absolute Gasteiger partial charge is 0.371 e. The van der Waals surface area contributed by atoms with E-state index in [-0.39, 0.29) is 0 Å². The van der Waals surface area contributed by atoms with Crippen LogP contribution in [-0.4, -0.2) is 11.7 Å². The normalized spacial score (nSPS) is 47.7. The summed E-state index contributed by atoms with van der Waals surface area (Å²) in [5, 5.41) is 0. The summed E-state index contributed by atoms with van der Waals surface area (Å²) in [7, 11) is 0. The standard InChI is InChI=1S/C8H14O/c1-6(2)8-4-3-7(5-8)9-8/h6-7H,3-5H2,1-2H3. The van der Waals surface area contributed by atoms with E-state index >= 15 is 0 Å². The SMILES string of the molecule is CC(C)C12CCC(C1)O2. The van der Waals surface area contributed by atoms with Crippen LogP contribution >= 0.6 is 0 Å². The quantitative estimate of drug-likeness (QED) is 0.522. The molecule has 2 atom stereocenters. The Kier molecular flexibility index (Phi) is 0.963. The monoisotopic (exact) mass is 126 g/mol. The fourth-order valence-electron chi connectivity index (χ4n) is 2.10. The second-order valence-electron chi connectivity index (χ2n) is 3.70. The van der Waals surface area contributed by atoms with Crippen molar-refractivity contribution in [3.8, 4) is 0 Å². The molecule has 9 heavy (non-hydrogen) atoms. The second kappa shape index (κ2) is 1.51. The van der Waals surface area contributed by atoms with E-state index in [1.807, 2.05) is 0 Å². The summed E-state index contributed by atoms with van der Waals surface area (Å²) in [6.45, 7) is 4.53. The van der Waals surface area contributed by atoms with Gasteiger partial charge in [0.1, 0.15) is 0 Å². The summed E-state index contributed by atoms with van der Waals surface area (Å²) in [5.41, 5.74) is 0.338. The third-order valence-corrected chi connectivity index (χ3v) is 2.92. The van der Waals surface area contributed by atoms with Gasteiger partial charge < -0.3 is 4.74 Å². The molecule has 0 spiro atoms. The van der Waals surface area contributed by atoms with Crippen molar-refractivity contribution in [1.82, 2.24) is 0 Å². The van der Waals surface area contributed by atoms with Crippen LogP contribution in [0.3, 0.4) is 0 Å². The first-order valence-electron chi connectivity index (χ1n) is 3.91. The molecule has 0 aromatic heterocycles. The van der Waals surface area contributed by atoms with Crippen LogP contribution in [-0.2, 0) is 4.74 Å². The molecule has 2 bridgehead atoms. The highest BCUT2D eigenvalue weighted by molar-refractivity contribution is 5.02. The predicted molar refractivity (Wildman–Crippen MR) is 36.3 cm³/mol.